The first-order valence-corrected chi connectivity index (χ1v) is 9.82. The molecule has 2 bridgehead atoms. The van der Waals surface area contributed by atoms with Crippen molar-refractivity contribution in [2.75, 3.05) is 6.54 Å². The number of nitrogens with zero attached hydrogens (tertiary/aromatic N) is 3. The number of H-pyrrole nitrogens is 1. The molecule has 7 heteroatoms. The van der Waals surface area contributed by atoms with E-state index >= 15 is 0 Å². The number of nitrogens with one attached hydrogen (secondary N) is 1. The van der Waals surface area contributed by atoms with Crippen LogP contribution in [0.4, 0.5) is 0 Å². The number of likely N-dealkylation sites (tertiary alicyclic amines) is 1. The van der Waals surface area contributed by atoms with Crippen molar-refractivity contribution in [3.05, 3.63) is 45.5 Å². The number of aromatic amines is 1. The second-order valence-electron chi connectivity index (χ2n) is 7.80. The summed E-state index contributed by atoms with van der Waals surface area (Å²) in [5.41, 5.74) is 2.96. The first-order chi connectivity index (χ1) is 13.1. The van der Waals surface area contributed by atoms with E-state index in [9.17, 15) is 9.59 Å². The molecule has 0 aliphatic carbocycles. The molecule has 4 atom stereocenters. The minimum absolute atomic E-state index is 0.0351. The van der Waals surface area contributed by atoms with Crippen molar-refractivity contribution in [2.24, 2.45) is 5.92 Å². The molecule has 3 aliphatic rings. The van der Waals surface area contributed by atoms with Crippen molar-refractivity contribution in [1.29, 1.82) is 0 Å². The molecule has 27 heavy (non-hydrogen) atoms. The number of hydrogen-bond donors (Lipinski definition) is 1. The zero-order valence-corrected chi connectivity index (χ0v) is 15.6. The number of amides is 1. The van der Waals surface area contributed by atoms with Gasteiger partial charge in [0.25, 0.3) is 5.56 Å². The van der Waals surface area contributed by atoms with Gasteiger partial charge in [0.2, 0.25) is 5.91 Å². The molecule has 5 heterocycles. The zero-order valence-electron chi connectivity index (χ0n) is 15.6. The summed E-state index contributed by atoms with van der Waals surface area (Å²) in [5.74, 6) is 0.0819. The van der Waals surface area contributed by atoms with Gasteiger partial charge in [0.05, 0.1) is 29.9 Å². The molecule has 0 saturated carbocycles. The van der Waals surface area contributed by atoms with Gasteiger partial charge in [-0.3, -0.25) is 14.7 Å². The van der Waals surface area contributed by atoms with Gasteiger partial charge in [0.1, 0.15) is 0 Å². The highest BCUT2D eigenvalue weighted by molar-refractivity contribution is 5.81. The van der Waals surface area contributed by atoms with Gasteiger partial charge in [-0.15, -0.1) is 0 Å². The van der Waals surface area contributed by atoms with Crippen molar-refractivity contribution >= 4 is 11.6 Å². The number of carbonyl (C=O) groups excluding carboxylic acids is 1. The molecule has 0 aromatic carbocycles. The summed E-state index contributed by atoms with van der Waals surface area (Å²) < 4.78 is 7.31. The highest BCUT2D eigenvalue weighted by atomic mass is 16.5. The van der Waals surface area contributed by atoms with Crippen LogP contribution in [-0.4, -0.2) is 44.2 Å². The number of rotatable bonds is 3. The van der Waals surface area contributed by atoms with Crippen LogP contribution in [0.25, 0.3) is 5.65 Å². The van der Waals surface area contributed by atoms with Gasteiger partial charge in [-0.05, 0) is 32.6 Å². The lowest BCUT2D eigenvalue weighted by atomic mass is 9.92. The van der Waals surface area contributed by atoms with Gasteiger partial charge in [-0.1, -0.05) is 19.1 Å². The van der Waals surface area contributed by atoms with Crippen molar-refractivity contribution in [2.45, 2.75) is 57.8 Å². The second kappa shape index (κ2) is 6.05. The molecule has 2 saturated heterocycles. The predicted octanol–water partition coefficient (Wildman–Crippen LogP) is 1.90. The van der Waals surface area contributed by atoms with Gasteiger partial charge >= 0.3 is 0 Å². The van der Waals surface area contributed by atoms with Crippen LogP contribution in [0.2, 0.25) is 0 Å². The number of fused-ring (bicyclic) bond motifs is 3. The van der Waals surface area contributed by atoms with E-state index in [1.54, 1.807) is 0 Å². The monoisotopic (exact) mass is 368 g/mol. The summed E-state index contributed by atoms with van der Waals surface area (Å²) in [5, 5.41) is 3.22. The number of carbonyl (C=O) groups is 1. The highest BCUT2D eigenvalue weighted by Gasteiger charge is 2.45. The molecule has 142 valence electrons. The summed E-state index contributed by atoms with van der Waals surface area (Å²) in [6.07, 6.45) is 7.37. The summed E-state index contributed by atoms with van der Waals surface area (Å²) in [7, 11) is 0. The molecule has 2 fully saturated rings. The molecule has 5 rings (SSSR count). The van der Waals surface area contributed by atoms with Gasteiger partial charge in [0, 0.05) is 23.9 Å². The third-order valence-corrected chi connectivity index (χ3v) is 6.23. The van der Waals surface area contributed by atoms with E-state index in [-0.39, 0.29) is 35.6 Å². The Balaban J connectivity index is 1.48. The van der Waals surface area contributed by atoms with Gasteiger partial charge in [-0.2, -0.15) is 0 Å². The lowest BCUT2D eigenvalue weighted by Gasteiger charge is -2.28. The normalized spacial score (nSPS) is 29.3. The summed E-state index contributed by atoms with van der Waals surface area (Å²) in [6.45, 7) is 4.59. The van der Waals surface area contributed by atoms with Crippen molar-refractivity contribution in [1.82, 2.24) is 19.5 Å². The number of aryl methyl sites for hydroxylation is 1. The Morgan fingerprint density at radius 2 is 2.26 bits per heavy atom. The van der Waals surface area contributed by atoms with E-state index in [1.165, 1.54) is 4.52 Å². The van der Waals surface area contributed by atoms with Gasteiger partial charge < -0.3 is 9.64 Å². The van der Waals surface area contributed by atoms with E-state index in [1.807, 2.05) is 30.9 Å². The Labute approximate surface area is 157 Å². The van der Waals surface area contributed by atoms with Crippen LogP contribution in [0.5, 0.6) is 0 Å². The Kier molecular flexibility index (Phi) is 3.75. The Morgan fingerprint density at radius 1 is 1.41 bits per heavy atom. The van der Waals surface area contributed by atoms with E-state index < -0.39 is 0 Å². The van der Waals surface area contributed by atoms with Crippen LogP contribution in [0.1, 0.15) is 49.2 Å². The molecule has 2 aromatic heterocycles. The quantitative estimate of drug-likeness (QED) is 0.839. The minimum Gasteiger partial charge on any atom is -0.366 e. The number of ether oxygens (including phenoxy) is 1. The van der Waals surface area contributed by atoms with Crippen molar-refractivity contribution in [3.8, 4) is 0 Å². The predicted molar refractivity (Wildman–Crippen MR) is 99.5 cm³/mol. The molecule has 3 aliphatic heterocycles. The molecule has 7 nitrogen and oxygen atoms in total. The van der Waals surface area contributed by atoms with Gasteiger partial charge in [0.15, 0.2) is 5.65 Å². The third kappa shape index (κ3) is 2.48. The summed E-state index contributed by atoms with van der Waals surface area (Å²) in [6, 6.07) is 1.88. The maximum atomic E-state index is 13.2. The van der Waals surface area contributed by atoms with Crippen molar-refractivity contribution in [3.63, 3.8) is 0 Å². The SMILES string of the molecule is CCc1c(C)nc2cc([C@H]3CCCN3C(=O)[C@H]3C[C@@H]4C=C[C@@H]3O4)[nH]n2c1=O. The van der Waals surface area contributed by atoms with Crippen LogP contribution < -0.4 is 5.56 Å². The van der Waals surface area contributed by atoms with Gasteiger partial charge in [-0.25, -0.2) is 9.50 Å². The lowest BCUT2D eigenvalue weighted by molar-refractivity contribution is -0.137. The Morgan fingerprint density at radius 3 is 2.96 bits per heavy atom. The smallest absolute Gasteiger partial charge is 0.276 e. The third-order valence-electron chi connectivity index (χ3n) is 6.23. The van der Waals surface area contributed by atoms with Crippen LogP contribution in [0.3, 0.4) is 0 Å². The average Bonchev–Trinajstić information content (AvgIpc) is 3.42. The van der Waals surface area contributed by atoms with Crippen LogP contribution >= 0.6 is 0 Å². The first-order valence-electron chi connectivity index (χ1n) is 9.82. The molecular formula is C20H24N4O3. The average molecular weight is 368 g/mol. The standard InChI is InChI=1S/C20H24N4O3/c1-3-13-11(2)21-18-10-15(22-24(18)20(13)26)16-5-4-8-23(16)19(25)14-9-12-6-7-17(14)27-12/h6-7,10,12,14,16-17,22H,3-5,8-9H2,1-2H3/t12-,14-,16+,17-/m0/s1. The topological polar surface area (TPSA) is 79.7 Å². The minimum atomic E-state index is -0.0836. The fraction of sp³-hybridized carbons (Fsp3) is 0.550. The maximum Gasteiger partial charge on any atom is 0.276 e. The molecule has 0 radical (unpaired) electrons. The first kappa shape index (κ1) is 16.7. The molecule has 1 amide bonds. The van der Waals surface area contributed by atoms with E-state index in [4.69, 9.17) is 4.74 Å². The van der Waals surface area contributed by atoms with E-state index in [2.05, 4.69) is 16.2 Å². The van der Waals surface area contributed by atoms with Crippen LogP contribution in [-0.2, 0) is 16.0 Å². The van der Waals surface area contributed by atoms with E-state index in [0.717, 1.165) is 42.8 Å². The molecule has 0 unspecified atom stereocenters. The largest absolute Gasteiger partial charge is 0.366 e. The lowest BCUT2D eigenvalue weighted by Crippen LogP contribution is -2.39. The number of aromatic nitrogens is 3. The second-order valence-corrected chi connectivity index (χ2v) is 7.80. The summed E-state index contributed by atoms with van der Waals surface area (Å²) in [4.78, 5) is 32.4. The Bertz CT molecular complexity index is 1000. The molecular weight excluding hydrogens is 344 g/mol. The van der Waals surface area contributed by atoms with E-state index in [0.29, 0.717) is 12.1 Å². The molecule has 0 spiro atoms. The van der Waals surface area contributed by atoms with Crippen LogP contribution in [0, 0.1) is 12.8 Å². The molecule has 1 N–H and O–H groups in total. The fourth-order valence-corrected chi connectivity index (χ4v) is 4.85. The number of hydrogen-bond acceptors (Lipinski definition) is 4. The Hall–Kier alpha value is -2.41. The molecule has 2 aromatic rings. The van der Waals surface area contributed by atoms with Crippen LogP contribution in [0.15, 0.2) is 23.0 Å². The van der Waals surface area contributed by atoms with Crippen molar-refractivity contribution < 1.29 is 9.53 Å². The fourth-order valence-electron chi connectivity index (χ4n) is 4.85. The maximum absolute atomic E-state index is 13.2. The summed E-state index contributed by atoms with van der Waals surface area (Å²) >= 11 is 0. The zero-order chi connectivity index (χ0) is 18.7. The highest BCUT2D eigenvalue weighted by Crippen LogP contribution is 2.39.